The summed E-state index contributed by atoms with van der Waals surface area (Å²) in [5.74, 6) is -0.861. The zero-order valence-electron chi connectivity index (χ0n) is 12.0. The summed E-state index contributed by atoms with van der Waals surface area (Å²) < 4.78 is 0. The highest BCUT2D eigenvalue weighted by Crippen LogP contribution is 2.24. The Morgan fingerprint density at radius 3 is 2.46 bits per heavy atom. The van der Waals surface area contributed by atoms with Crippen LogP contribution in [-0.4, -0.2) is 27.0 Å². The highest BCUT2D eigenvalue weighted by Gasteiger charge is 2.18. The fraction of sp³-hybridized carbons (Fsp3) is 0.0714. The second-order valence-corrected chi connectivity index (χ2v) is 4.96. The third-order valence-corrected chi connectivity index (χ3v) is 3.14. The molecule has 2 rings (SSSR count). The summed E-state index contributed by atoms with van der Waals surface area (Å²) >= 11 is 5.69. The molecule has 0 saturated carbocycles. The van der Waals surface area contributed by atoms with Crippen molar-refractivity contribution >= 4 is 35.1 Å². The summed E-state index contributed by atoms with van der Waals surface area (Å²) in [5.41, 5.74) is 0.501. The molecule has 0 aliphatic heterocycles. The van der Waals surface area contributed by atoms with Gasteiger partial charge in [-0.1, -0.05) is 23.7 Å². The van der Waals surface area contributed by atoms with Crippen molar-refractivity contribution in [2.24, 2.45) is 0 Å². The fourth-order valence-electron chi connectivity index (χ4n) is 1.80. The van der Waals surface area contributed by atoms with Crippen LogP contribution in [0.1, 0.15) is 15.9 Å². The zero-order valence-corrected chi connectivity index (χ0v) is 12.8. The van der Waals surface area contributed by atoms with Crippen molar-refractivity contribution in [3.8, 4) is 0 Å². The number of nitrogens with one attached hydrogen (secondary N) is 2. The molecule has 0 bridgehead atoms. The molecule has 2 aromatic rings. The van der Waals surface area contributed by atoms with E-state index in [9.17, 15) is 19.7 Å². The first-order valence-electron chi connectivity index (χ1n) is 6.55. The maximum atomic E-state index is 12.2. The lowest BCUT2D eigenvalue weighted by Crippen LogP contribution is -2.20. The van der Waals surface area contributed by atoms with E-state index < -0.39 is 16.9 Å². The minimum Gasteiger partial charge on any atom is -0.465 e. The largest absolute Gasteiger partial charge is 0.465 e. The summed E-state index contributed by atoms with van der Waals surface area (Å²) in [6.45, 7) is 0.0958. The molecule has 0 unspecified atom stereocenters. The maximum Gasteiger partial charge on any atom is 0.404 e. The Hall–Kier alpha value is -3.20. The van der Waals surface area contributed by atoms with E-state index in [1.54, 1.807) is 12.1 Å². The van der Waals surface area contributed by atoms with E-state index in [0.717, 1.165) is 6.07 Å². The number of benzene rings is 1. The van der Waals surface area contributed by atoms with E-state index in [1.165, 1.54) is 18.2 Å². The maximum absolute atomic E-state index is 12.2. The second kappa shape index (κ2) is 7.38. The van der Waals surface area contributed by atoms with Crippen LogP contribution in [0.2, 0.25) is 5.15 Å². The van der Waals surface area contributed by atoms with E-state index in [-0.39, 0.29) is 28.8 Å². The normalized spacial score (nSPS) is 10.0. The molecule has 3 N–H and O–H groups in total. The molecule has 0 atom stereocenters. The zero-order chi connectivity index (χ0) is 17.7. The van der Waals surface area contributed by atoms with Crippen LogP contribution >= 0.6 is 11.6 Å². The Bertz CT molecular complexity index is 794. The van der Waals surface area contributed by atoms with Gasteiger partial charge in [0.25, 0.3) is 5.91 Å². The van der Waals surface area contributed by atoms with Crippen LogP contribution in [0.3, 0.4) is 0 Å². The van der Waals surface area contributed by atoms with Crippen molar-refractivity contribution < 1.29 is 19.6 Å². The van der Waals surface area contributed by atoms with Crippen LogP contribution in [0.4, 0.5) is 16.3 Å². The van der Waals surface area contributed by atoms with Gasteiger partial charge >= 0.3 is 11.8 Å². The highest BCUT2D eigenvalue weighted by molar-refractivity contribution is 6.29. The molecule has 9 nitrogen and oxygen atoms in total. The van der Waals surface area contributed by atoms with Crippen molar-refractivity contribution in [3.05, 3.63) is 62.8 Å². The molecule has 2 amide bonds. The van der Waals surface area contributed by atoms with Crippen LogP contribution in [-0.2, 0) is 6.54 Å². The van der Waals surface area contributed by atoms with Gasteiger partial charge in [0.1, 0.15) is 5.15 Å². The first-order valence-corrected chi connectivity index (χ1v) is 6.92. The van der Waals surface area contributed by atoms with Crippen LogP contribution < -0.4 is 10.6 Å². The summed E-state index contributed by atoms with van der Waals surface area (Å²) in [4.78, 5) is 36.6. The lowest BCUT2D eigenvalue weighted by atomic mass is 10.1. The van der Waals surface area contributed by atoms with Gasteiger partial charge in [0.2, 0.25) is 5.82 Å². The standard InChI is InChI=1S/C14H11ClN4O5/c15-11-6-5-10(19(23)24)12(17-11)18-13(20)9-3-1-8(2-4-9)7-16-14(21)22/h1-6,16H,7H2,(H,21,22)(H,17,18,20). The lowest BCUT2D eigenvalue weighted by molar-refractivity contribution is -0.384. The minimum absolute atomic E-state index is 0.00555. The Morgan fingerprint density at radius 1 is 1.21 bits per heavy atom. The van der Waals surface area contributed by atoms with Crippen molar-refractivity contribution in [2.45, 2.75) is 6.54 Å². The number of rotatable bonds is 5. The lowest BCUT2D eigenvalue weighted by Gasteiger charge is -2.07. The van der Waals surface area contributed by atoms with E-state index in [2.05, 4.69) is 15.6 Å². The Labute approximate surface area is 140 Å². The van der Waals surface area contributed by atoms with Crippen molar-refractivity contribution in [3.63, 3.8) is 0 Å². The summed E-state index contributed by atoms with van der Waals surface area (Å²) in [6, 6.07) is 8.44. The molecular formula is C14H11ClN4O5. The molecule has 0 radical (unpaired) electrons. The van der Waals surface area contributed by atoms with Gasteiger partial charge in [-0.05, 0) is 23.8 Å². The SMILES string of the molecule is O=C(O)NCc1ccc(C(=O)Nc2nc(Cl)ccc2[N+](=O)[O-])cc1. The van der Waals surface area contributed by atoms with Crippen LogP contribution in [0, 0.1) is 10.1 Å². The van der Waals surface area contributed by atoms with Gasteiger partial charge in [0, 0.05) is 18.2 Å². The molecular weight excluding hydrogens is 340 g/mol. The Morgan fingerprint density at radius 2 is 1.88 bits per heavy atom. The van der Waals surface area contributed by atoms with Gasteiger partial charge in [0.15, 0.2) is 0 Å². The molecule has 0 spiro atoms. The molecule has 1 heterocycles. The predicted molar refractivity (Wildman–Crippen MR) is 85.2 cm³/mol. The number of anilines is 1. The van der Waals surface area contributed by atoms with Crippen molar-refractivity contribution in [2.75, 3.05) is 5.32 Å². The van der Waals surface area contributed by atoms with Crippen LogP contribution in [0.5, 0.6) is 0 Å². The molecule has 0 aliphatic rings. The van der Waals surface area contributed by atoms with E-state index in [0.29, 0.717) is 5.56 Å². The number of nitro groups is 1. The number of aromatic nitrogens is 1. The molecule has 1 aromatic carbocycles. The van der Waals surface area contributed by atoms with Gasteiger partial charge in [-0.3, -0.25) is 14.9 Å². The number of carbonyl (C=O) groups is 2. The van der Waals surface area contributed by atoms with E-state index in [1.807, 2.05) is 0 Å². The van der Waals surface area contributed by atoms with Gasteiger partial charge in [-0.2, -0.15) is 0 Å². The number of nitrogens with zero attached hydrogens (tertiary/aromatic N) is 2. The van der Waals surface area contributed by atoms with Crippen molar-refractivity contribution in [1.82, 2.24) is 10.3 Å². The number of halogens is 1. The third-order valence-electron chi connectivity index (χ3n) is 2.93. The van der Waals surface area contributed by atoms with E-state index in [4.69, 9.17) is 16.7 Å². The smallest absolute Gasteiger partial charge is 0.404 e. The summed E-state index contributed by atoms with van der Waals surface area (Å²) in [7, 11) is 0. The summed E-state index contributed by atoms with van der Waals surface area (Å²) in [5, 5.41) is 24.0. The molecule has 0 aliphatic carbocycles. The Balaban J connectivity index is 2.14. The molecule has 24 heavy (non-hydrogen) atoms. The number of carboxylic acid groups (broad SMARTS) is 1. The number of pyridine rings is 1. The number of hydrogen-bond donors (Lipinski definition) is 3. The van der Waals surface area contributed by atoms with Gasteiger partial charge in [-0.15, -0.1) is 0 Å². The minimum atomic E-state index is -1.16. The monoisotopic (exact) mass is 350 g/mol. The second-order valence-electron chi connectivity index (χ2n) is 4.57. The average Bonchev–Trinajstić information content (AvgIpc) is 2.53. The third kappa shape index (κ3) is 4.40. The number of hydrogen-bond acceptors (Lipinski definition) is 5. The first-order chi connectivity index (χ1) is 11.4. The predicted octanol–water partition coefficient (Wildman–Crippen LogP) is 2.66. The summed E-state index contributed by atoms with van der Waals surface area (Å²) in [6.07, 6.45) is -1.16. The van der Waals surface area contributed by atoms with Crippen LogP contribution in [0.15, 0.2) is 36.4 Å². The topological polar surface area (TPSA) is 134 Å². The highest BCUT2D eigenvalue weighted by atomic mass is 35.5. The first kappa shape index (κ1) is 17.2. The molecule has 1 aromatic heterocycles. The van der Waals surface area contributed by atoms with E-state index >= 15 is 0 Å². The molecule has 10 heteroatoms. The van der Waals surface area contributed by atoms with Crippen LogP contribution in [0.25, 0.3) is 0 Å². The average molecular weight is 351 g/mol. The number of carbonyl (C=O) groups excluding carboxylic acids is 1. The van der Waals surface area contributed by atoms with Crippen molar-refractivity contribution in [1.29, 1.82) is 0 Å². The van der Waals surface area contributed by atoms with Gasteiger partial charge in [-0.25, -0.2) is 9.78 Å². The Kier molecular flexibility index (Phi) is 5.27. The number of amides is 2. The molecule has 0 fully saturated rings. The van der Waals surface area contributed by atoms with Gasteiger partial charge in [0.05, 0.1) is 4.92 Å². The molecule has 124 valence electrons. The van der Waals surface area contributed by atoms with Gasteiger partial charge < -0.3 is 15.7 Å². The molecule has 0 saturated heterocycles. The quantitative estimate of drug-likeness (QED) is 0.431. The fourth-order valence-corrected chi connectivity index (χ4v) is 1.95.